The highest BCUT2D eigenvalue weighted by molar-refractivity contribution is 7.97. The smallest absolute Gasteiger partial charge is 0.325 e. The molecule has 0 atom stereocenters. The molecule has 2 aromatic rings. The molecule has 1 aromatic heterocycles. The van der Waals surface area contributed by atoms with Crippen LogP contribution in [0, 0.1) is 0 Å². The van der Waals surface area contributed by atoms with E-state index >= 15 is 0 Å². The number of esters is 1. The average molecular weight is 391 g/mol. The molecule has 0 saturated carbocycles. The summed E-state index contributed by atoms with van der Waals surface area (Å²) in [6.07, 6.45) is 1.89. The second-order valence-electron chi connectivity index (χ2n) is 5.39. The number of nitrogens with one attached hydrogen (secondary N) is 2. The van der Waals surface area contributed by atoms with Gasteiger partial charge in [-0.15, -0.1) is 5.10 Å². The zero-order chi connectivity index (χ0) is 19.8. The quantitative estimate of drug-likeness (QED) is 0.639. The summed E-state index contributed by atoms with van der Waals surface area (Å²) in [6.45, 7) is 2.15. The maximum absolute atomic E-state index is 12.3. The van der Waals surface area contributed by atoms with Gasteiger partial charge in [0, 0.05) is 17.9 Å². The third-order valence-electron chi connectivity index (χ3n) is 3.59. The molecule has 9 nitrogen and oxygen atoms in total. The standard InChI is InChI=1S/C17H21N5O4S/c1-4-18-16(24)11-5-7-12(8-6-11)22-13(10-27-3)15(20-21-22)17(25)19-9-14(23)26-2/h5-8H,4,9-10H2,1-3H3,(H,18,24)(H,19,25). The highest BCUT2D eigenvalue weighted by Crippen LogP contribution is 2.18. The minimum atomic E-state index is -0.553. The van der Waals surface area contributed by atoms with E-state index in [0.29, 0.717) is 29.2 Å². The third kappa shape index (κ3) is 5.07. The minimum Gasteiger partial charge on any atom is -0.468 e. The molecule has 10 heteroatoms. The highest BCUT2D eigenvalue weighted by atomic mass is 32.2. The summed E-state index contributed by atoms with van der Waals surface area (Å²) in [4.78, 5) is 35.4. The summed E-state index contributed by atoms with van der Waals surface area (Å²) in [7, 11) is 1.24. The lowest BCUT2D eigenvalue weighted by molar-refractivity contribution is -0.139. The summed E-state index contributed by atoms with van der Waals surface area (Å²) in [5.41, 5.74) is 1.94. The van der Waals surface area contributed by atoms with Crippen LogP contribution in [0.5, 0.6) is 0 Å². The van der Waals surface area contributed by atoms with Crippen LogP contribution in [0.2, 0.25) is 0 Å². The van der Waals surface area contributed by atoms with Gasteiger partial charge in [0.25, 0.3) is 11.8 Å². The van der Waals surface area contributed by atoms with E-state index in [-0.39, 0.29) is 18.1 Å². The first-order chi connectivity index (χ1) is 13.0. The van der Waals surface area contributed by atoms with Gasteiger partial charge in [0.05, 0.1) is 18.5 Å². The van der Waals surface area contributed by atoms with Gasteiger partial charge in [-0.05, 0) is 37.4 Å². The first kappa shape index (κ1) is 20.4. The van der Waals surface area contributed by atoms with Crippen LogP contribution in [0.4, 0.5) is 0 Å². The predicted octanol–water partition coefficient (Wildman–Crippen LogP) is 0.783. The molecule has 0 radical (unpaired) electrons. The van der Waals surface area contributed by atoms with Crippen LogP contribution < -0.4 is 10.6 Å². The molecule has 0 saturated heterocycles. The van der Waals surface area contributed by atoms with Gasteiger partial charge in [0.15, 0.2) is 5.69 Å². The van der Waals surface area contributed by atoms with Crippen LogP contribution in [0.25, 0.3) is 5.69 Å². The Hall–Kier alpha value is -2.88. The molecule has 1 aromatic carbocycles. The summed E-state index contributed by atoms with van der Waals surface area (Å²) >= 11 is 1.51. The van der Waals surface area contributed by atoms with Crippen LogP contribution in [-0.2, 0) is 15.3 Å². The van der Waals surface area contributed by atoms with Crippen molar-refractivity contribution in [2.75, 3.05) is 26.5 Å². The Labute approximate surface area is 160 Å². The number of benzene rings is 1. The molecular weight excluding hydrogens is 370 g/mol. The van der Waals surface area contributed by atoms with E-state index in [0.717, 1.165) is 0 Å². The van der Waals surface area contributed by atoms with Gasteiger partial charge in [-0.3, -0.25) is 14.4 Å². The van der Waals surface area contributed by atoms with Crippen molar-refractivity contribution in [3.63, 3.8) is 0 Å². The SMILES string of the molecule is CCNC(=O)c1ccc(-n2nnc(C(=O)NCC(=O)OC)c2CSC)cc1. The van der Waals surface area contributed by atoms with E-state index in [9.17, 15) is 14.4 Å². The Bertz CT molecular complexity index is 819. The van der Waals surface area contributed by atoms with Gasteiger partial charge >= 0.3 is 5.97 Å². The number of nitrogens with zero attached hydrogens (tertiary/aromatic N) is 3. The van der Waals surface area contributed by atoms with Gasteiger partial charge in [-0.1, -0.05) is 5.21 Å². The van der Waals surface area contributed by atoms with Gasteiger partial charge in [0.1, 0.15) is 6.54 Å². The average Bonchev–Trinajstić information content (AvgIpc) is 3.10. The Morgan fingerprint density at radius 3 is 2.44 bits per heavy atom. The first-order valence-electron chi connectivity index (χ1n) is 8.19. The molecular formula is C17H21N5O4S. The minimum absolute atomic E-state index is 0.140. The Morgan fingerprint density at radius 1 is 1.15 bits per heavy atom. The Balaban J connectivity index is 2.27. The molecule has 2 rings (SSSR count). The second kappa shape index (κ2) is 9.72. The van der Waals surface area contributed by atoms with Crippen molar-refractivity contribution in [3.05, 3.63) is 41.2 Å². The number of carbonyl (C=O) groups is 3. The highest BCUT2D eigenvalue weighted by Gasteiger charge is 2.21. The predicted molar refractivity (Wildman–Crippen MR) is 101 cm³/mol. The maximum atomic E-state index is 12.3. The topological polar surface area (TPSA) is 115 Å². The fourth-order valence-corrected chi connectivity index (χ4v) is 2.81. The lowest BCUT2D eigenvalue weighted by Crippen LogP contribution is -2.31. The van der Waals surface area contributed by atoms with Crippen molar-refractivity contribution in [3.8, 4) is 5.69 Å². The van der Waals surface area contributed by atoms with Crippen molar-refractivity contribution >= 4 is 29.5 Å². The monoisotopic (exact) mass is 391 g/mol. The van der Waals surface area contributed by atoms with Crippen LogP contribution in [0.15, 0.2) is 24.3 Å². The van der Waals surface area contributed by atoms with E-state index in [1.165, 1.54) is 18.9 Å². The second-order valence-corrected chi connectivity index (χ2v) is 6.26. The van der Waals surface area contributed by atoms with E-state index < -0.39 is 11.9 Å². The number of rotatable bonds is 8. The molecule has 0 fully saturated rings. The van der Waals surface area contributed by atoms with Crippen molar-refractivity contribution in [1.29, 1.82) is 0 Å². The van der Waals surface area contributed by atoms with Crippen molar-refractivity contribution < 1.29 is 19.1 Å². The molecule has 0 aliphatic rings. The van der Waals surface area contributed by atoms with Gasteiger partial charge < -0.3 is 15.4 Å². The van der Waals surface area contributed by atoms with E-state index in [2.05, 4.69) is 25.7 Å². The lowest BCUT2D eigenvalue weighted by atomic mass is 10.2. The molecule has 0 spiro atoms. The number of amides is 2. The van der Waals surface area contributed by atoms with E-state index in [1.54, 1.807) is 28.9 Å². The molecule has 1 heterocycles. The molecule has 0 unspecified atom stereocenters. The number of thioether (sulfide) groups is 1. The fraction of sp³-hybridized carbons (Fsp3) is 0.353. The normalized spacial score (nSPS) is 10.3. The zero-order valence-electron chi connectivity index (χ0n) is 15.3. The van der Waals surface area contributed by atoms with Gasteiger partial charge in [-0.2, -0.15) is 11.8 Å². The summed E-state index contributed by atoms with van der Waals surface area (Å²) in [5.74, 6) is -0.723. The first-order valence-corrected chi connectivity index (χ1v) is 9.58. The molecule has 27 heavy (non-hydrogen) atoms. The summed E-state index contributed by atoms with van der Waals surface area (Å²) in [5, 5.41) is 13.2. The zero-order valence-corrected chi connectivity index (χ0v) is 16.1. The molecule has 0 aliphatic carbocycles. The molecule has 2 amide bonds. The van der Waals surface area contributed by atoms with Crippen LogP contribution in [0.3, 0.4) is 0 Å². The number of carbonyl (C=O) groups excluding carboxylic acids is 3. The van der Waals surface area contributed by atoms with Crippen molar-refractivity contribution in [2.45, 2.75) is 12.7 Å². The van der Waals surface area contributed by atoms with Crippen LogP contribution in [-0.4, -0.2) is 59.2 Å². The molecule has 0 bridgehead atoms. The summed E-state index contributed by atoms with van der Waals surface area (Å²) < 4.78 is 6.05. The van der Waals surface area contributed by atoms with E-state index in [1.807, 2.05) is 13.2 Å². The lowest BCUT2D eigenvalue weighted by Gasteiger charge is -2.08. The number of hydrogen-bond donors (Lipinski definition) is 2. The van der Waals surface area contributed by atoms with Gasteiger partial charge in [-0.25, -0.2) is 4.68 Å². The Morgan fingerprint density at radius 2 is 1.85 bits per heavy atom. The van der Waals surface area contributed by atoms with Crippen molar-refractivity contribution in [2.24, 2.45) is 0 Å². The maximum Gasteiger partial charge on any atom is 0.325 e. The molecule has 144 valence electrons. The third-order valence-corrected chi connectivity index (χ3v) is 4.15. The van der Waals surface area contributed by atoms with Crippen LogP contribution in [0.1, 0.15) is 33.5 Å². The summed E-state index contributed by atoms with van der Waals surface area (Å²) in [6, 6.07) is 6.84. The Kier molecular flexibility index (Phi) is 7.35. The molecule has 2 N–H and O–H groups in total. The molecule has 0 aliphatic heterocycles. The number of methoxy groups -OCH3 is 1. The van der Waals surface area contributed by atoms with Crippen LogP contribution >= 0.6 is 11.8 Å². The number of hydrogen-bond acceptors (Lipinski definition) is 7. The fourth-order valence-electron chi connectivity index (χ4n) is 2.28. The van der Waals surface area contributed by atoms with Crippen molar-refractivity contribution in [1.82, 2.24) is 25.6 Å². The van der Waals surface area contributed by atoms with E-state index in [4.69, 9.17) is 0 Å². The van der Waals surface area contributed by atoms with Gasteiger partial charge in [0.2, 0.25) is 0 Å². The number of aromatic nitrogens is 3. The largest absolute Gasteiger partial charge is 0.468 e. The number of ether oxygens (including phenoxy) is 1.